The normalized spacial score (nSPS) is 24.2. The summed E-state index contributed by atoms with van der Waals surface area (Å²) in [6, 6.07) is 9.24. The smallest absolute Gasteiger partial charge is 0.258 e. The van der Waals surface area contributed by atoms with Gasteiger partial charge >= 0.3 is 0 Å². The summed E-state index contributed by atoms with van der Waals surface area (Å²) in [4.78, 5) is 14.8. The third-order valence-electron chi connectivity index (χ3n) is 7.76. The average Bonchev–Trinajstić information content (AvgIpc) is 3.64. The van der Waals surface area contributed by atoms with Crippen molar-refractivity contribution in [1.82, 2.24) is 34.0 Å². The van der Waals surface area contributed by atoms with Crippen LogP contribution in [0.2, 0.25) is 5.02 Å². The molecule has 36 heavy (non-hydrogen) atoms. The summed E-state index contributed by atoms with van der Waals surface area (Å²) in [6.45, 7) is 10.2. The maximum absolute atomic E-state index is 6.16. The summed E-state index contributed by atoms with van der Waals surface area (Å²) in [6.07, 6.45) is 7.08. The monoisotopic (exact) mass is 508 g/mol. The molecule has 9 nitrogen and oxygen atoms in total. The maximum Gasteiger partial charge on any atom is 0.258 e. The van der Waals surface area contributed by atoms with Crippen LogP contribution in [0.3, 0.4) is 0 Å². The number of imidazole rings is 1. The molecule has 190 valence electrons. The van der Waals surface area contributed by atoms with E-state index in [0.29, 0.717) is 17.9 Å². The molecule has 4 atom stereocenters. The van der Waals surface area contributed by atoms with Crippen LogP contribution in [0.25, 0.3) is 16.9 Å². The van der Waals surface area contributed by atoms with E-state index in [0.717, 1.165) is 67.5 Å². The molecule has 2 saturated heterocycles. The second-order valence-corrected chi connectivity index (χ2v) is 10.6. The van der Waals surface area contributed by atoms with Crippen LogP contribution in [0.1, 0.15) is 51.6 Å². The molecule has 0 saturated carbocycles. The quantitative estimate of drug-likeness (QED) is 0.383. The minimum Gasteiger partial charge on any atom is -0.376 e. The third kappa shape index (κ3) is 4.13. The van der Waals surface area contributed by atoms with Gasteiger partial charge in [0.25, 0.3) is 5.78 Å². The highest BCUT2D eigenvalue weighted by Crippen LogP contribution is 2.34. The number of aromatic nitrogens is 6. The largest absolute Gasteiger partial charge is 0.376 e. The number of ether oxygens (including phenoxy) is 1. The van der Waals surface area contributed by atoms with Gasteiger partial charge in [-0.05, 0) is 50.8 Å². The summed E-state index contributed by atoms with van der Waals surface area (Å²) in [5.74, 6) is 1.48. The summed E-state index contributed by atoms with van der Waals surface area (Å²) >= 11 is 6.16. The van der Waals surface area contributed by atoms with Gasteiger partial charge in [0.2, 0.25) is 0 Å². The molecule has 0 unspecified atom stereocenters. The molecule has 0 amide bonds. The van der Waals surface area contributed by atoms with Crippen molar-refractivity contribution in [2.24, 2.45) is 0 Å². The zero-order chi connectivity index (χ0) is 24.8. The molecule has 2 aliphatic rings. The first-order valence-corrected chi connectivity index (χ1v) is 13.3. The van der Waals surface area contributed by atoms with Crippen molar-refractivity contribution in [2.75, 3.05) is 24.6 Å². The lowest BCUT2D eigenvalue weighted by Crippen LogP contribution is -2.57. The van der Waals surface area contributed by atoms with Gasteiger partial charge < -0.3 is 14.2 Å². The maximum atomic E-state index is 6.16. The van der Waals surface area contributed by atoms with Gasteiger partial charge in [-0.15, -0.1) is 10.2 Å². The van der Waals surface area contributed by atoms with Gasteiger partial charge in [-0.3, -0.25) is 4.90 Å². The zero-order valence-corrected chi connectivity index (χ0v) is 21.8. The van der Waals surface area contributed by atoms with Crippen LogP contribution in [0.15, 0.2) is 36.9 Å². The molecular formula is C26H33ClN8O. The summed E-state index contributed by atoms with van der Waals surface area (Å²) in [5, 5.41) is 9.23. The molecular weight excluding hydrogens is 476 g/mol. The van der Waals surface area contributed by atoms with E-state index in [9.17, 15) is 0 Å². The molecule has 1 aromatic carbocycles. The molecule has 0 aliphatic carbocycles. The molecule has 10 heteroatoms. The van der Waals surface area contributed by atoms with Crippen LogP contribution in [0, 0.1) is 0 Å². The minimum absolute atomic E-state index is 0.215. The van der Waals surface area contributed by atoms with Crippen molar-refractivity contribution >= 4 is 34.4 Å². The van der Waals surface area contributed by atoms with Crippen LogP contribution in [-0.4, -0.2) is 71.9 Å². The number of rotatable bonds is 6. The molecule has 2 fully saturated rings. The standard InChI is InChI=1S/C26H33ClN8O/c1-4-22(19-7-9-20(27)10-8-19)33-12-18(3)34(13-17(33)2)24-23-25(35-16-29-31-26(35)30-24)32(15-28-23)14-21-6-5-11-36-21/h7-10,15-18,21-22H,4-6,11-14H2,1-3H3/t17-,18+,21+,22-/m1/s1. The number of fused-ring (bicyclic) bond motifs is 3. The highest BCUT2D eigenvalue weighted by atomic mass is 35.5. The van der Waals surface area contributed by atoms with Gasteiger partial charge in [-0.25, -0.2) is 9.38 Å². The topological polar surface area (TPSA) is 76.6 Å². The number of benzene rings is 1. The zero-order valence-electron chi connectivity index (χ0n) is 21.1. The third-order valence-corrected chi connectivity index (χ3v) is 8.01. The van der Waals surface area contributed by atoms with E-state index < -0.39 is 0 Å². The van der Waals surface area contributed by atoms with Crippen LogP contribution in [0.4, 0.5) is 5.82 Å². The lowest BCUT2D eigenvalue weighted by atomic mass is 9.97. The number of nitrogens with zero attached hydrogens (tertiary/aromatic N) is 8. The highest BCUT2D eigenvalue weighted by molar-refractivity contribution is 6.30. The fourth-order valence-electron chi connectivity index (χ4n) is 5.96. The molecule has 5 heterocycles. The Kier molecular flexibility index (Phi) is 6.31. The second-order valence-electron chi connectivity index (χ2n) is 10.2. The van der Waals surface area contributed by atoms with E-state index in [1.54, 1.807) is 6.33 Å². The van der Waals surface area contributed by atoms with Crippen LogP contribution in [-0.2, 0) is 11.3 Å². The predicted molar refractivity (Wildman–Crippen MR) is 141 cm³/mol. The van der Waals surface area contributed by atoms with Crippen LogP contribution < -0.4 is 4.90 Å². The Bertz CT molecular complexity index is 1350. The fraction of sp³-hybridized carbons (Fsp3) is 0.538. The Labute approximate surface area is 216 Å². The lowest BCUT2D eigenvalue weighted by Gasteiger charge is -2.47. The van der Waals surface area contributed by atoms with Crippen molar-refractivity contribution in [3.8, 4) is 0 Å². The van der Waals surface area contributed by atoms with Crippen LogP contribution in [0.5, 0.6) is 0 Å². The Balaban J connectivity index is 1.33. The first-order chi connectivity index (χ1) is 17.5. The number of hydrogen-bond donors (Lipinski definition) is 0. The Morgan fingerprint density at radius 3 is 2.69 bits per heavy atom. The molecule has 3 aromatic heterocycles. The molecule has 0 bridgehead atoms. The van der Waals surface area contributed by atoms with Crippen molar-refractivity contribution in [3.05, 3.63) is 47.5 Å². The van der Waals surface area contributed by atoms with E-state index in [1.807, 2.05) is 22.9 Å². The fourth-order valence-corrected chi connectivity index (χ4v) is 6.09. The number of hydrogen-bond acceptors (Lipinski definition) is 7. The van der Waals surface area contributed by atoms with Crippen molar-refractivity contribution in [2.45, 2.75) is 70.8 Å². The molecule has 0 radical (unpaired) electrons. The first kappa shape index (κ1) is 23.6. The molecule has 0 N–H and O–H groups in total. The van der Waals surface area contributed by atoms with Crippen LogP contribution >= 0.6 is 11.6 Å². The predicted octanol–water partition coefficient (Wildman–Crippen LogP) is 4.36. The van der Waals surface area contributed by atoms with E-state index in [1.165, 1.54) is 5.56 Å². The molecule has 6 rings (SSSR count). The summed E-state index contributed by atoms with van der Waals surface area (Å²) in [5.41, 5.74) is 3.18. The Hall–Kier alpha value is -2.75. The molecule has 2 aliphatic heterocycles. The Morgan fingerprint density at radius 2 is 1.94 bits per heavy atom. The lowest BCUT2D eigenvalue weighted by molar-refractivity contribution is 0.0977. The van der Waals surface area contributed by atoms with Gasteiger partial charge in [-0.1, -0.05) is 30.7 Å². The minimum atomic E-state index is 0.215. The first-order valence-electron chi connectivity index (χ1n) is 13.0. The van der Waals surface area contributed by atoms with Gasteiger partial charge in [0, 0.05) is 42.8 Å². The van der Waals surface area contributed by atoms with Gasteiger partial charge in [0.1, 0.15) is 11.8 Å². The highest BCUT2D eigenvalue weighted by Gasteiger charge is 2.35. The SMILES string of the molecule is CC[C@H](c1ccc(Cl)cc1)N1C[C@H](C)N(c2nc3nncn3c3c2ncn3C[C@@H]2CCCO2)C[C@H]1C. The summed E-state index contributed by atoms with van der Waals surface area (Å²) in [7, 11) is 0. The number of halogens is 1. The van der Waals surface area contributed by atoms with Gasteiger partial charge in [-0.2, -0.15) is 4.98 Å². The van der Waals surface area contributed by atoms with Crippen molar-refractivity contribution in [1.29, 1.82) is 0 Å². The van der Waals surface area contributed by atoms with Gasteiger partial charge in [0.15, 0.2) is 11.5 Å². The summed E-state index contributed by atoms with van der Waals surface area (Å²) < 4.78 is 10.0. The average molecular weight is 509 g/mol. The van der Waals surface area contributed by atoms with Crippen molar-refractivity contribution in [3.63, 3.8) is 0 Å². The van der Waals surface area contributed by atoms with E-state index in [4.69, 9.17) is 26.3 Å². The van der Waals surface area contributed by atoms with E-state index >= 15 is 0 Å². The van der Waals surface area contributed by atoms with Crippen molar-refractivity contribution < 1.29 is 4.74 Å². The van der Waals surface area contributed by atoms with Gasteiger partial charge in [0.05, 0.1) is 19.0 Å². The second kappa shape index (κ2) is 9.61. The number of anilines is 1. The van der Waals surface area contributed by atoms with E-state index in [-0.39, 0.29) is 12.1 Å². The number of piperazine rings is 1. The van der Waals surface area contributed by atoms with E-state index in [2.05, 4.69) is 57.5 Å². The molecule has 4 aromatic rings. The Morgan fingerprint density at radius 1 is 1.11 bits per heavy atom. The molecule has 0 spiro atoms.